The van der Waals surface area contributed by atoms with E-state index in [0.29, 0.717) is 5.69 Å². The number of aldehydes is 1. The molecular weight excluding hydrogens is 252 g/mol. The minimum absolute atomic E-state index is 0.0512. The summed E-state index contributed by atoms with van der Waals surface area (Å²) < 4.78 is 0. The van der Waals surface area contributed by atoms with Crippen LogP contribution in [0.15, 0.2) is 16.8 Å². The van der Waals surface area contributed by atoms with E-state index < -0.39 is 0 Å². The number of nitrogens with one attached hydrogen (secondary N) is 2. The van der Waals surface area contributed by atoms with Crippen molar-refractivity contribution >= 4 is 18.3 Å². The van der Waals surface area contributed by atoms with Crippen molar-refractivity contribution in [1.29, 1.82) is 0 Å². The first-order valence-electron chi connectivity index (χ1n) is 6.93. The zero-order valence-corrected chi connectivity index (χ0v) is 12.4. The van der Waals surface area contributed by atoms with E-state index in [9.17, 15) is 9.59 Å². The summed E-state index contributed by atoms with van der Waals surface area (Å²) in [5.41, 5.74) is 6.27. The van der Waals surface area contributed by atoms with Crippen LogP contribution in [0.1, 0.15) is 55.0 Å². The summed E-state index contributed by atoms with van der Waals surface area (Å²) in [4.78, 5) is 26.0. The minimum Gasteiger partial charge on any atom is -0.352 e. The van der Waals surface area contributed by atoms with Crippen LogP contribution in [0, 0.1) is 0 Å². The molecule has 1 aliphatic heterocycles. The number of aromatic nitrogens is 1. The van der Waals surface area contributed by atoms with Crippen LogP contribution < -0.4 is 5.32 Å². The van der Waals surface area contributed by atoms with E-state index >= 15 is 0 Å². The van der Waals surface area contributed by atoms with E-state index in [-0.39, 0.29) is 5.91 Å². The Bertz CT molecular complexity index is 633. The third-order valence-electron chi connectivity index (χ3n) is 3.95. The molecule has 106 valence electrons. The lowest BCUT2D eigenvalue weighted by atomic mass is 10.0. The Morgan fingerprint density at radius 2 is 1.60 bits per heavy atom. The van der Waals surface area contributed by atoms with Gasteiger partial charge in [0.1, 0.15) is 0 Å². The maximum atomic E-state index is 11.6. The fraction of sp³-hybridized carbons (Fsp3) is 0.375. The van der Waals surface area contributed by atoms with Gasteiger partial charge in [0.25, 0.3) is 5.91 Å². The van der Waals surface area contributed by atoms with Crippen molar-refractivity contribution in [2.24, 2.45) is 0 Å². The Hall–Kier alpha value is -2.10. The number of amides is 1. The van der Waals surface area contributed by atoms with Crippen LogP contribution in [0.4, 0.5) is 0 Å². The van der Waals surface area contributed by atoms with Gasteiger partial charge >= 0.3 is 0 Å². The molecular formula is C16H20N2O2. The zero-order valence-electron chi connectivity index (χ0n) is 12.4. The Balaban J connectivity index is 2.52. The lowest BCUT2D eigenvalue weighted by Crippen LogP contribution is -2.15. The quantitative estimate of drug-likeness (QED) is 0.828. The molecule has 0 saturated heterocycles. The predicted molar refractivity (Wildman–Crippen MR) is 79.4 cm³/mol. The maximum Gasteiger partial charge on any atom is 0.251 e. The van der Waals surface area contributed by atoms with Crippen LogP contribution in [0.5, 0.6) is 0 Å². The van der Waals surface area contributed by atoms with Crippen molar-refractivity contribution in [3.05, 3.63) is 39.4 Å². The fourth-order valence-electron chi connectivity index (χ4n) is 2.62. The van der Waals surface area contributed by atoms with Gasteiger partial charge < -0.3 is 10.3 Å². The van der Waals surface area contributed by atoms with Crippen molar-refractivity contribution in [1.82, 2.24) is 10.3 Å². The Morgan fingerprint density at radius 3 is 2.05 bits per heavy atom. The second-order valence-electron chi connectivity index (χ2n) is 5.00. The second kappa shape index (κ2) is 5.49. The number of carbonyl (C=O) groups excluding carboxylic acids is 2. The highest BCUT2D eigenvalue weighted by Gasteiger charge is 2.21. The van der Waals surface area contributed by atoms with Gasteiger partial charge in [0.15, 0.2) is 6.29 Å². The molecule has 0 unspecified atom stereocenters. The van der Waals surface area contributed by atoms with Crippen molar-refractivity contribution in [2.45, 2.75) is 40.5 Å². The van der Waals surface area contributed by atoms with Crippen molar-refractivity contribution in [2.75, 3.05) is 0 Å². The van der Waals surface area contributed by atoms with E-state index in [0.717, 1.165) is 52.8 Å². The molecule has 0 bridgehead atoms. The molecule has 0 spiro atoms. The van der Waals surface area contributed by atoms with Crippen LogP contribution >= 0.6 is 0 Å². The highest BCUT2D eigenvalue weighted by molar-refractivity contribution is 6.00. The number of aromatic amines is 1. The van der Waals surface area contributed by atoms with Gasteiger partial charge in [-0.1, -0.05) is 13.8 Å². The Kier molecular flexibility index (Phi) is 3.93. The third kappa shape index (κ3) is 2.22. The maximum absolute atomic E-state index is 11.6. The highest BCUT2D eigenvalue weighted by Crippen LogP contribution is 2.26. The van der Waals surface area contributed by atoms with Gasteiger partial charge in [-0.25, -0.2) is 0 Å². The van der Waals surface area contributed by atoms with Crippen molar-refractivity contribution in [3.63, 3.8) is 0 Å². The average molecular weight is 272 g/mol. The predicted octanol–water partition coefficient (Wildman–Crippen LogP) is 2.76. The molecule has 1 aliphatic rings. The lowest BCUT2D eigenvalue weighted by Gasteiger charge is -2.03. The molecule has 0 radical (unpaired) electrons. The largest absolute Gasteiger partial charge is 0.352 e. The molecule has 4 nitrogen and oxygen atoms in total. The summed E-state index contributed by atoms with van der Waals surface area (Å²) in [5.74, 6) is -0.0512. The monoisotopic (exact) mass is 272 g/mol. The summed E-state index contributed by atoms with van der Waals surface area (Å²) in [6, 6.07) is 0. The number of carbonyl (C=O) groups is 2. The smallest absolute Gasteiger partial charge is 0.251 e. The molecule has 0 saturated carbocycles. The second-order valence-corrected chi connectivity index (χ2v) is 5.00. The fourth-order valence-corrected chi connectivity index (χ4v) is 2.62. The molecule has 2 N–H and O–H groups in total. The molecule has 20 heavy (non-hydrogen) atoms. The molecule has 0 fully saturated rings. The van der Waals surface area contributed by atoms with Gasteiger partial charge in [0, 0.05) is 17.0 Å². The summed E-state index contributed by atoms with van der Waals surface area (Å²) in [6.45, 7) is 7.85. The first kappa shape index (κ1) is 14.3. The van der Waals surface area contributed by atoms with Gasteiger partial charge in [-0.2, -0.15) is 0 Å². The molecule has 1 amide bonds. The van der Waals surface area contributed by atoms with Gasteiger partial charge in [-0.05, 0) is 49.5 Å². The summed E-state index contributed by atoms with van der Waals surface area (Å²) >= 11 is 0. The molecule has 2 heterocycles. The zero-order chi connectivity index (χ0) is 14.9. The normalized spacial score (nSPS) is 17.0. The number of H-pyrrole nitrogens is 1. The van der Waals surface area contributed by atoms with Crippen LogP contribution in [0.3, 0.4) is 0 Å². The SMILES string of the molecule is CCc1c(C=O)[nH]c(/C=C2\NC(=O)C(C)=C2C)c1CC. The Labute approximate surface area is 119 Å². The third-order valence-corrected chi connectivity index (χ3v) is 3.95. The van der Waals surface area contributed by atoms with E-state index in [2.05, 4.69) is 17.2 Å². The summed E-state index contributed by atoms with van der Waals surface area (Å²) in [5, 5.41) is 2.86. The number of rotatable bonds is 4. The van der Waals surface area contributed by atoms with E-state index in [1.807, 2.05) is 26.8 Å². The molecule has 0 aromatic carbocycles. The standard InChI is InChI=1S/C16H20N2O2/c1-5-11-12(6-2)15(8-19)17-14(11)7-13-9(3)10(4)16(20)18-13/h7-8,17H,5-6H2,1-4H3,(H,18,20)/b13-7-. The molecule has 2 rings (SSSR count). The Morgan fingerprint density at radius 1 is 1.00 bits per heavy atom. The molecule has 1 aromatic heterocycles. The lowest BCUT2D eigenvalue weighted by molar-refractivity contribution is -0.116. The molecule has 4 heteroatoms. The van der Waals surface area contributed by atoms with Gasteiger partial charge in [0.2, 0.25) is 0 Å². The van der Waals surface area contributed by atoms with Crippen molar-refractivity contribution < 1.29 is 9.59 Å². The van der Waals surface area contributed by atoms with E-state index in [1.165, 1.54) is 0 Å². The van der Waals surface area contributed by atoms with Crippen LogP contribution in [-0.2, 0) is 17.6 Å². The van der Waals surface area contributed by atoms with E-state index in [4.69, 9.17) is 0 Å². The molecule has 0 atom stereocenters. The van der Waals surface area contributed by atoms with E-state index in [1.54, 1.807) is 0 Å². The van der Waals surface area contributed by atoms with Gasteiger partial charge in [-0.15, -0.1) is 0 Å². The molecule has 0 aliphatic carbocycles. The number of hydrogen-bond acceptors (Lipinski definition) is 2. The van der Waals surface area contributed by atoms with Gasteiger partial charge in [0.05, 0.1) is 5.69 Å². The highest BCUT2D eigenvalue weighted by atomic mass is 16.2. The number of hydrogen-bond donors (Lipinski definition) is 2. The average Bonchev–Trinajstić information content (AvgIpc) is 2.91. The van der Waals surface area contributed by atoms with Crippen molar-refractivity contribution in [3.8, 4) is 0 Å². The van der Waals surface area contributed by atoms with Crippen LogP contribution in [0.2, 0.25) is 0 Å². The topological polar surface area (TPSA) is 62.0 Å². The first-order valence-corrected chi connectivity index (χ1v) is 6.93. The first-order chi connectivity index (χ1) is 9.53. The number of allylic oxidation sites excluding steroid dienone is 1. The van der Waals surface area contributed by atoms with Gasteiger partial charge in [-0.3, -0.25) is 9.59 Å². The summed E-state index contributed by atoms with van der Waals surface area (Å²) in [7, 11) is 0. The van der Waals surface area contributed by atoms with Crippen LogP contribution in [-0.4, -0.2) is 17.2 Å². The minimum atomic E-state index is -0.0512. The molecule has 1 aromatic rings. The van der Waals surface area contributed by atoms with Crippen LogP contribution in [0.25, 0.3) is 6.08 Å². The summed E-state index contributed by atoms with van der Waals surface area (Å²) in [6.07, 6.45) is 4.45.